The third-order valence-electron chi connectivity index (χ3n) is 5.79. The number of allylic oxidation sites excluding steroid dienone is 2. The molecule has 0 saturated carbocycles. The van der Waals surface area contributed by atoms with Crippen molar-refractivity contribution in [3.05, 3.63) is 81.9 Å². The van der Waals surface area contributed by atoms with Crippen LogP contribution < -0.4 is 4.72 Å². The van der Waals surface area contributed by atoms with Gasteiger partial charge < -0.3 is 4.90 Å². The lowest BCUT2D eigenvalue weighted by atomic mass is 9.91. The molecule has 1 heterocycles. The molecule has 0 spiro atoms. The fourth-order valence-corrected chi connectivity index (χ4v) is 5.56. The van der Waals surface area contributed by atoms with E-state index in [1.807, 2.05) is 30.3 Å². The molecule has 7 heteroatoms. The summed E-state index contributed by atoms with van der Waals surface area (Å²) in [5.74, 6) is -0.998. The van der Waals surface area contributed by atoms with Crippen molar-refractivity contribution < 1.29 is 18.0 Å². The number of hydrogen-bond acceptors (Lipinski definition) is 5. The summed E-state index contributed by atoms with van der Waals surface area (Å²) in [5, 5.41) is 0. The Balaban J connectivity index is 1.71. The summed E-state index contributed by atoms with van der Waals surface area (Å²) in [6, 6.07) is 16.0. The van der Waals surface area contributed by atoms with Gasteiger partial charge in [-0.3, -0.25) is 9.59 Å². The maximum atomic E-state index is 13.4. The van der Waals surface area contributed by atoms with Crippen molar-refractivity contribution in [1.82, 2.24) is 9.62 Å². The number of carbonyl (C=O) groups excluding carboxylic acids is 2. The molecule has 0 atom stereocenters. The highest BCUT2D eigenvalue weighted by molar-refractivity contribution is 7.94. The second-order valence-electron chi connectivity index (χ2n) is 7.92. The number of carbonyl (C=O) groups is 2. The highest BCUT2D eigenvalue weighted by Gasteiger charge is 2.41. The molecule has 0 aromatic heterocycles. The first-order valence-corrected chi connectivity index (χ1v) is 12.2. The Bertz CT molecular complexity index is 1120. The van der Waals surface area contributed by atoms with E-state index < -0.39 is 20.7 Å². The molecule has 1 aliphatic heterocycles. The number of nitrogens with zero attached hydrogens (tertiary/aromatic N) is 1. The van der Waals surface area contributed by atoms with Gasteiger partial charge in [0.2, 0.25) is 21.6 Å². The second kappa shape index (κ2) is 9.16. The third kappa shape index (κ3) is 4.48. The van der Waals surface area contributed by atoms with E-state index in [1.54, 1.807) is 23.1 Å². The van der Waals surface area contributed by atoms with Gasteiger partial charge in [0.05, 0.1) is 0 Å². The van der Waals surface area contributed by atoms with Crippen molar-refractivity contribution in [3.63, 3.8) is 0 Å². The largest absolute Gasteiger partial charge is 0.367 e. The van der Waals surface area contributed by atoms with Crippen LogP contribution in [-0.4, -0.2) is 44.5 Å². The van der Waals surface area contributed by atoms with Crippen molar-refractivity contribution in [3.8, 4) is 0 Å². The Hall–Kier alpha value is -2.77. The SMILES string of the molecule is O=C1C(N2CCCCCC2)=C(S(=O)(=O)NCCc2ccccc2)C(=O)c2ccccc21. The average Bonchev–Trinajstić information content (AvgIpc) is 3.06. The number of rotatable bonds is 6. The number of fused-ring (bicyclic) bond motifs is 1. The lowest BCUT2D eigenvalue weighted by Crippen LogP contribution is -2.40. The minimum atomic E-state index is -4.17. The molecule has 0 amide bonds. The zero-order valence-corrected chi connectivity index (χ0v) is 18.2. The van der Waals surface area contributed by atoms with Crippen LogP contribution in [0.1, 0.15) is 52.0 Å². The summed E-state index contributed by atoms with van der Waals surface area (Å²) in [5.41, 5.74) is 1.44. The number of hydrogen-bond donors (Lipinski definition) is 1. The smallest absolute Gasteiger partial charge is 0.246 e. The van der Waals surface area contributed by atoms with Crippen molar-refractivity contribution >= 4 is 21.6 Å². The zero-order chi connectivity index (χ0) is 21.8. The van der Waals surface area contributed by atoms with Crippen LogP contribution in [0.3, 0.4) is 0 Å². The van der Waals surface area contributed by atoms with Gasteiger partial charge in [-0.1, -0.05) is 67.4 Å². The number of likely N-dealkylation sites (tertiary alicyclic amines) is 1. The van der Waals surface area contributed by atoms with Crippen LogP contribution in [0.5, 0.6) is 0 Å². The van der Waals surface area contributed by atoms with E-state index in [1.165, 1.54) is 6.07 Å². The van der Waals surface area contributed by atoms with E-state index in [9.17, 15) is 18.0 Å². The maximum Gasteiger partial charge on any atom is 0.246 e. The standard InChI is InChI=1S/C24H26N2O4S/c27-22-19-12-6-7-13-20(19)23(28)24(21(22)26-16-8-1-2-9-17-26)31(29,30)25-15-14-18-10-4-3-5-11-18/h3-7,10-13,25H,1-2,8-9,14-17H2. The maximum absolute atomic E-state index is 13.4. The van der Waals surface area contributed by atoms with Gasteiger partial charge in [-0.05, 0) is 24.8 Å². The van der Waals surface area contributed by atoms with Gasteiger partial charge in [0.1, 0.15) is 5.70 Å². The number of ketones is 2. The molecule has 1 aliphatic carbocycles. The molecule has 2 aromatic rings. The summed E-state index contributed by atoms with van der Waals surface area (Å²) in [7, 11) is -4.17. The van der Waals surface area contributed by atoms with Crippen LogP contribution in [0, 0.1) is 0 Å². The highest BCUT2D eigenvalue weighted by Crippen LogP contribution is 2.32. The minimum absolute atomic E-state index is 0.0258. The molecule has 31 heavy (non-hydrogen) atoms. The quantitative estimate of drug-likeness (QED) is 0.748. The van der Waals surface area contributed by atoms with Gasteiger partial charge in [0.25, 0.3) is 0 Å². The fraction of sp³-hybridized carbons (Fsp3) is 0.333. The molecule has 6 nitrogen and oxygen atoms in total. The second-order valence-corrected chi connectivity index (χ2v) is 9.62. The summed E-state index contributed by atoms with van der Waals surface area (Å²) in [4.78, 5) is 28.1. The van der Waals surface area contributed by atoms with Gasteiger partial charge in [0.15, 0.2) is 4.91 Å². The molecule has 1 saturated heterocycles. The minimum Gasteiger partial charge on any atom is -0.367 e. The molecular formula is C24H26N2O4S. The predicted octanol–water partition coefficient (Wildman–Crippen LogP) is 3.32. The van der Waals surface area contributed by atoms with Crippen LogP contribution in [0.2, 0.25) is 0 Å². The van der Waals surface area contributed by atoms with E-state index in [-0.39, 0.29) is 29.2 Å². The lowest BCUT2D eigenvalue weighted by Gasteiger charge is -2.30. The summed E-state index contributed by atoms with van der Waals surface area (Å²) >= 11 is 0. The average molecular weight is 439 g/mol. The Labute approximate surface area is 183 Å². The van der Waals surface area contributed by atoms with Crippen LogP contribution >= 0.6 is 0 Å². The number of benzene rings is 2. The molecule has 2 aliphatic rings. The first kappa shape index (κ1) is 21.5. The van der Waals surface area contributed by atoms with E-state index in [2.05, 4.69) is 4.72 Å². The van der Waals surface area contributed by atoms with Crippen molar-refractivity contribution in [2.45, 2.75) is 32.1 Å². The van der Waals surface area contributed by atoms with Gasteiger partial charge >= 0.3 is 0 Å². The first-order chi connectivity index (χ1) is 15.0. The Morgan fingerprint density at radius 3 is 2.00 bits per heavy atom. The molecule has 162 valence electrons. The number of Topliss-reactive ketones (excluding diaryl/α,β-unsaturated/α-hetero) is 2. The van der Waals surface area contributed by atoms with Crippen LogP contribution in [0.4, 0.5) is 0 Å². The first-order valence-electron chi connectivity index (χ1n) is 10.7. The van der Waals surface area contributed by atoms with Gasteiger partial charge in [0, 0.05) is 30.8 Å². The lowest BCUT2D eigenvalue weighted by molar-refractivity contribution is 0.0947. The van der Waals surface area contributed by atoms with Crippen molar-refractivity contribution in [2.24, 2.45) is 0 Å². The number of nitrogens with one attached hydrogen (secondary N) is 1. The fourth-order valence-electron chi connectivity index (χ4n) is 4.22. The summed E-state index contributed by atoms with van der Waals surface area (Å²) in [6.45, 7) is 1.28. The van der Waals surface area contributed by atoms with Crippen LogP contribution in [-0.2, 0) is 16.4 Å². The number of sulfonamides is 1. The van der Waals surface area contributed by atoms with Gasteiger partial charge in [-0.25, -0.2) is 13.1 Å². The zero-order valence-electron chi connectivity index (χ0n) is 17.3. The molecule has 1 fully saturated rings. The van der Waals surface area contributed by atoms with Crippen molar-refractivity contribution in [1.29, 1.82) is 0 Å². The third-order valence-corrected chi connectivity index (χ3v) is 7.29. The summed E-state index contributed by atoms with van der Waals surface area (Å²) < 4.78 is 29.2. The molecule has 0 radical (unpaired) electrons. The van der Waals surface area contributed by atoms with Crippen LogP contribution in [0.25, 0.3) is 0 Å². The topological polar surface area (TPSA) is 83.6 Å². The molecular weight excluding hydrogens is 412 g/mol. The molecule has 4 rings (SSSR count). The normalized spacial score (nSPS) is 17.5. The molecule has 0 bridgehead atoms. The Morgan fingerprint density at radius 1 is 0.774 bits per heavy atom. The molecule has 2 aromatic carbocycles. The van der Waals surface area contributed by atoms with Gasteiger partial charge in [-0.2, -0.15) is 0 Å². The van der Waals surface area contributed by atoms with E-state index >= 15 is 0 Å². The predicted molar refractivity (Wildman–Crippen MR) is 119 cm³/mol. The van der Waals surface area contributed by atoms with E-state index in [4.69, 9.17) is 0 Å². The van der Waals surface area contributed by atoms with Crippen LogP contribution in [0.15, 0.2) is 65.2 Å². The summed E-state index contributed by atoms with van der Waals surface area (Å²) in [6.07, 6.45) is 4.27. The molecule has 0 unspecified atom stereocenters. The Morgan fingerprint density at radius 2 is 1.35 bits per heavy atom. The monoisotopic (exact) mass is 438 g/mol. The Kier molecular flexibility index (Phi) is 6.34. The highest BCUT2D eigenvalue weighted by atomic mass is 32.2. The van der Waals surface area contributed by atoms with Crippen molar-refractivity contribution in [2.75, 3.05) is 19.6 Å². The van der Waals surface area contributed by atoms with E-state index in [0.29, 0.717) is 19.5 Å². The molecule has 1 N–H and O–H groups in total. The van der Waals surface area contributed by atoms with Gasteiger partial charge in [-0.15, -0.1) is 0 Å². The van der Waals surface area contributed by atoms with E-state index in [0.717, 1.165) is 31.2 Å².